The molecule has 0 bridgehead atoms. The molecule has 0 unspecified atom stereocenters. The zero-order chi connectivity index (χ0) is 13.0. The Morgan fingerprint density at radius 3 is 2.89 bits per heavy atom. The number of hydrogen-bond donors (Lipinski definition) is 2. The van der Waals surface area contributed by atoms with Crippen LogP contribution in [0.15, 0.2) is 17.5 Å². The van der Waals surface area contributed by atoms with Gasteiger partial charge < -0.3 is 10.2 Å². The Balaban J connectivity index is 1.88. The molecule has 0 radical (unpaired) electrons. The number of hydrogen-bond acceptors (Lipinski definition) is 4. The minimum absolute atomic E-state index is 0.140. The molecule has 1 aliphatic heterocycles. The van der Waals surface area contributed by atoms with Crippen LogP contribution in [-0.4, -0.2) is 40.3 Å². The minimum Gasteiger partial charge on any atom is -0.478 e. The van der Waals surface area contributed by atoms with Gasteiger partial charge in [-0.25, -0.2) is 4.79 Å². The smallest absolute Gasteiger partial charge is 0.328 e. The van der Waals surface area contributed by atoms with Crippen molar-refractivity contribution in [2.24, 2.45) is 0 Å². The molecule has 0 amide bonds. The number of rotatable bonds is 4. The average Bonchev–Trinajstić information content (AvgIpc) is 2.77. The van der Waals surface area contributed by atoms with Crippen LogP contribution in [0.25, 0.3) is 6.08 Å². The number of thiophene rings is 1. The van der Waals surface area contributed by atoms with Gasteiger partial charge in [0.1, 0.15) is 0 Å². The lowest BCUT2D eigenvalue weighted by atomic mass is 10.1. The summed E-state index contributed by atoms with van der Waals surface area (Å²) >= 11 is 1.65. The Morgan fingerprint density at radius 1 is 1.50 bits per heavy atom. The van der Waals surface area contributed by atoms with Gasteiger partial charge in [-0.2, -0.15) is 0 Å². The van der Waals surface area contributed by atoms with Crippen LogP contribution in [0.4, 0.5) is 0 Å². The predicted molar refractivity (Wildman–Crippen MR) is 71.5 cm³/mol. The van der Waals surface area contributed by atoms with E-state index in [-0.39, 0.29) is 6.10 Å². The predicted octanol–water partition coefficient (Wildman–Crippen LogP) is 1.80. The van der Waals surface area contributed by atoms with E-state index in [0.717, 1.165) is 44.1 Å². The molecular weight excluding hydrogens is 250 g/mol. The molecule has 1 aromatic rings. The summed E-state index contributed by atoms with van der Waals surface area (Å²) in [6.07, 6.45) is 4.32. The Kier molecular flexibility index (Phi) is 4.52. The highest BCUT2D eigenvalue weighted by molar-refractivity contribution is 7.10. The van der Waals surface area contributed by atoms with E-state index < -0.39 is 5.97 Å². The highest BCUT2D eigenvalue weighted by atomic mass is 32.1. The number of aliphatic carboxylic acids is 1. The van der Waals surface area contributed by atoms with E-state index in [4.69, 9.17) is 5.11 Å². The normalized spacial score (nSPS) is 18.5. The molecule has 98 valence electrons. The van der Waals surface area contributed by atoms with Crippen LogP contribution in [0.5, 0.6) is 0 Å². The lowest BCUT2D eigenvalue weighted by Crippen LogP contribution is -2.35. The summed E-state index contributed by atoms with van der Waals surface area (Å²) in [6, 6.07) is 2.02. The third-order valence-electron chi connectivity index (χ3n) is 3.03. The number of aliphatic hydroxyl groups is 1. The third kappa shape index (κ3) is 3.94. The molecule has 0 saturated carbocycles. The number of piperidine rings is 1. The Morgan fingerprint density at radius 2 is 2.22 bits per heavy atom. The Bertz CT molecular complexity index is 433. The maximum atomic E-state index is 10.4. The van der Waals surface area contributed by atoms with Crippen LogP contribution in [0.1, 0.15) is 23.3 Å². The highest BCUT2D eigenvalue weighted by Gasteiger charge is 2.17. The van der Waals surface area contributed by atoms with Crippen LogP contribution in [0.3, 0.4) is 0 Å². The zero-order valence-corrected chi connectivity index (χ0v) is 10.9. The first-order valence-electron chi connectivity index (χ1n) is 6.02. The zero-order valence-electron chi connectivity index (χ0n) is 10.1. The first-order chi connectivity index (χ1) is 8.63. The van der Waals surface area contributed by atoms with Gasteiger partial charge in [0.2, 0.25) is 0 Å². The monoisotopic (exact) mass is 267 g/mol. The summed E-state index contributed by atoms with van der Waals surface area (Å²) in [7, 11) is 0. The number of carbonyl (C=O) groups is 1. The molecule has 2 heterocycles. The van der Waals surface area contributed by atoms with Crippen molar-refractivity contribution in [2.45, 2.75) is 25.5 Å². The summed E-state index contributed by atoms with van der Waals surface area (Å²) in [4.78, 5) is 14.0. The van der Waals surface area contributed by atoms with Gasteiger partial charge >= 0.3 is 5.97 Å². The molecular formula is C13H17NO3S. The fourth-order valence-corrected chi connectivity index (χ4v) is 2.93. The van der Waals surface area contributed by atoms with Crippen LogP contribution < -0.4 is 0 Å². The molecule has 0 atom stereocenters. The van der Waals surface area contributed by atoms with Crippen molar-refractivity contribution in [3.8, 4) is 0 Å². The standard InChI is InChI=1S/C13H17NO3S/c15-11-3-5-14(6-4-11)8-12-7-10(9-18-12)1-2-13(16)17/h1-2,7,9,11,15H,3-6,8H2,(H,16,17). The van der Waals surface area contributed by atoms with Gasteiger partial charge in [0.15, 0.2) is 0 Å². The summed E-state index contributed by atoms with van der Waals surface area (Å²) in [5.74, 6) is -0.923. The number of nitrogens with zero attached hydrogens (tertiary/aromatic N) is 1. The second-order valence-electron chi connectivity index (χ2n) is 4.53. The van der Waals surface area contributed by atoms with E-state index in [1.54, 1.807) is 17.4 Å². The van der Waals surface area contributed by atoms with Crippen molar-refractivity contribution in [2.75, 3.05) is 13.1 Å². The Labute approximate surface area is 110 Å². The molecule has 4 nitrogen and oxygen atoms in total. The topological polar surface area (TPSA) is 60.8 Å². The fraction of sp³-hybridized carbons (Fsp3) is 0.462. The minimum atomic E-state index is -0.923. The largest absolute Gasteiger partial charge is 0.478 e. The van der Waals surface area contributed by atoms with Gasteiger partial charge in [-0.05, 0) is 35.9 Å². The van der Waals surface area contributed by atoms with E-state index in [0.29, 0.717) is 0 Å². The molecule has 1 fully saturated rings. The summed E-state index contributed by atoms with van der Waals surface area (Å²) in [5, 5.41) is 19.9. The van der Waals surface area contributed by atoms with Gasteiger partial charge in [-0.1, -0.05) is 0 Å². The van der Waals surface area contributed by atoms with Crippen LogP contribution in [0.2, 0.25) is 0 Å². The SMILES string of the molecule is O=C(O)C=Cc1csc(CN2CCC(O)CC2)c1. The van der Waals surface area contributed by atoms with E-state index in [2.05, 4.69) is 4.90 Å². The molecule has 5 heteroatoms. The van der Waals surface area contributed by atoms with E-state index >= 15 is 0 Å². The average molecular weight is 267 g/mol. The van der Waals surface area contributed by atoms with Gasteiger partial charge in [-0.15, -0.1) is 11.3 Å². The fourth-order valence-electron chi connectivity index (χ4n) is 2.03. The maximum Gasteiger partial charge on any atom is 0.328 e. The van der Waals surface area contributed by atoms with Crippen LogP contribution in [0, 0.1) is 0 Å². The number of likely N-dealkylation sites (tertiary alicyclic amines) is 1. The highest BCUT2D eigenvalue weighted by Crippen LogP contribution is 2.20. The Hall–Kier alpha value is -1.17. The lowest BCUT2D eigenvalue weighted by Gasteiger charge is -2.28. The molecule has 1 saturated heterocycles. The van der Waals surface area contributed by atoms with Gasteiger partial charge in [0, 0.05) is 30.6 Å². The summed E-state index contributed by atoms with van der Waals surface area (Å²) < 4.78 is 0. The molecule has 2 rings (SSSR count). The first-order valence-corrected chi connectivity index (χ1v) is 6.90. The van der Waals surface area contributed by atoms with Crippen LogP contribution >= 0.6 is 11.3 Å². The summed E-state index contributed by atoms with van der Waals surface area (Å²) in [5.41, 5.74) is 0.939. The van der Waals surface area contributed by atoms with E-state index in [1.165, 1.54) is 4.88 Å². The van der Waals surface area contributed by atoms with E-state index in [9.17, 15) is 9.90 Å². The molecule has 0 spiro atoms. The van der Waals surface area contributed by atoms with Crippen molar-refractivity contribution in [1.29, 1.82) is 0 Å². The van der Waals surface area contributed by atoms with Crippen molar-refractivity contribution >= 4 is 23.4 Å². The third-order valence-corrected chi connectivity index (χ3v) is 3.97. The molecule has 1 aromatic heterocycles. The molecule has 1 aliphatic rings. The quantitative estimate of drug-likeness (QED) is 0.817. The van der Waals surface area contributed by atoms with Crippen molar-refractivity contribution < 1.29 is 15.0 Å². The van der Waals surface area contributed by atoms with Crippen molar-refractivity contribution in [3.63, 3.8) is 0 Å². The molecule has 2 N–H and O–H groups in total. The number of carboxylic acids is 1. The van der Waals surface area contributed by atoms with E-state index in [1.807, 2.05) is 11.4 Å². The van der Waals surface area contributed by atoms with Gasteiger partial charge in [0.25, 0.3) is 0 Å². The second-order valence-corrected chi connectivity index (χ2v) is 5.52. The van der Waals surface area contributed by atoms with Crippen LogP contribution in [-0.2, 0) is 11.3 Å². The molecule has 18 heavy (non-hydrogen) atoms. The maximum absolute atomic E-state index is 10.4. The first kappa shape index (κ1) is 13.3. The van der Waals surface area contributed by atoms with Crippen molar-refractivity contribution in [1.82, 2.24) is 4.90 Å². The molecule has 0 aromatic carbocycles. The summed E-state index contributed by atoms with van der Waals surface area (Å²) in [6.45, 7) is 2.75. The molecule has 0 aliphatic carbocycles. The number of carboxylic acid groups (broad SMARTS) is 1. The van der Waals surface area contributed by atoms with Gasteiger partial charge in [-0.3, -0.25) is 4.90 Å². The second kappa shape index (κ2) is 6.13. The lowest BCUT2D eigenvalue weighted by molar-refractivity contribution is -0.131. The van der Waals surface area contributed by atoms with Crippen molar-refractivity contribution in [3.05, 3.63) is 28.0 Å². The number of aliphatic hydroxyl groups excluding tert-OH is 1. The van der Waals surface area contributed by atoms with Gasteiger partial charge in [0.05, 0.1) is 6.10 Å².